The molecule has 0 saturated heterocycles. The second-order valence-corrected chi connectivity index (χ2v) is 2.30. The van der Waals surface area contributed by atoms with E-state index in [2.05, 4.69) is 10.8 Å². The van der Waals surface area contributed by atoms with Gasteiger partial charge in [0.15, 0.2) is 0 Å². The van der Waals surface area contributed by atoms with Crippen molar-refractivity contribution >= 4 is 5.97 Å². The molecule has 0 aliphatic heterocycles. The minimum atomic E-state index is -0.352. The van der Waals surface area contributed by atoms with Crippen LogP contribution in [0.2, 0.25) is 0 Å². The molecule has 0 aromatic heterocycles. The molecule has 0 bridgehead atoms. The first kappa shape index (κ1) is 8.74. The van der Waals surface area contributed by atoms with Crippen molar-refractivity contribution in [2.75, 3.05) is 7.11 Å². The number of benzene rings is 1. The third-order valence-electron chi connectivity index (χ3n) is 1.52. The van der Waals surface area contributed by atoms with Gasteiger partial charge in [0, 0.05) is 6.54 Å². The normalized spacial score (nSPS) is 9.50. The van der Waals surface area contributed by atoms with E-state index in [4.69, 9.17) is 5.73 Å². The van der Waals surface area contributed by atoms with E-state index in [9.17, 15) is 4.79 Å². The van der Waals surface area contributed by atoms with Crippen molar-refractivity contribution in [2.45, 2.75) is 6.54 Å². The fourth-order valence-corrected chi connectivity index (χ4v) is 0.829. The molecule has 1 aromatic rings. The molecular weight excluding hydrogens is 154 g/mol. The quantitative estimate of drug-likeness (QED) is 0.655. The average Bonchev–Trinajstić information content (AvgIpc) is 2.17. The number of hydrogen-bond acceptors (Lipinski definition) is 3. The molecule has 3 heteroatoms. The molecule has 0 unspecified atom stereocenters. The molecule has 0 atom stereocenters. The van der Waals surface area contributed by atoms with Crippen molar-refractivity contribution in [2.24, 2.45) is 5.73 Å². The lowest BCUT2D eigenvalue weighted by Gasteiger charge is -1.99. The van der Waals surface area contributed by atoms with Crippen LogP contribution in [-0.4, -0.2) is 13.1 Å². The number of esters is 1. The standard InChI is InChI=1S/C9H10NO2/c1-12-9(11)8-4-2-7(6-10)3-5-8/h2,4-5H,6,10H2,1H3. The third-order valence-corrected chi connectivity index (χ3v) is 1.52. The Morgan fingerprint density at radius 1 is 1.67 bits per heavy atom. The highest BCUT2D eigenvalue weighted by molar-refractivity contribution is 5.89. The van der Waals surface area contributed by atoms with Crippen molar-refractivity contribution in [1.29, 1.82) is 0 Å². The molecule has 0 aliphatic rings. The number of carbonyl (C=O) groups excluding carboxylic acids is 1. The summed E-state index contributed by atoms with van der Waals surface area (Å²) >= 11 is 0. The smallest absolute Gasteiger partial charge is 0.337 e. The largest absolute Gasteiger partial charge is 0.465 e. The fraction of sp³-hybridized carbons (Fsp3) is 0.222. The van der Waals surface area contributed by atoms with Gasteiger partial charge in [0.2, 0.25) is 0 Å². The summed E-state index contributed by atoms with van der Waals surface area (Å²) in [6.45, 7) is 0.432. The van der Waals surface area contributed by atoms with E-state index in [0.29, 0.717) is 12.1 Å². The van der Waals surface area contributed by atoms with Crippen LogP contribution in [0.3, 0.4) is 0 Å². The van der Waals surface area contributed by atoms with E-state index in [1.54, 1.807) is 18.2 Å². The lowest BCUT2D eigenvalue weighted by Crippen LogP contribution is -2.02. The van der Waals surface area contributed by atoms with Gasteiger partial charge in [-0.1, -0.05) is 6.07 Å². The van der Waals surface area contributed by atoms with Gasteiger partial charge in [0.1, 0.15) is 0 Å². The van der Waals surface area contributed by atoms with Crippen LogP contribution in [0, 0.1) is 6.07 Å². The fourth-order valence-electron chi connectivity index (χ4n) is 0.829. The first-order valence-electron chi connectivity index (χ1n) is 3.57. The van der Waals surface area contributed by atoms with Crippen LogP contribution in [0.4, 0.5) is 0 Å². The molecule has 1 aromatic carbocycles. The van der Waals surface area contributed by atoms with E-state index in [-0.39, 0.29) is 5.97 Å². The van der Waals surface area contributed by atoms with Crippen molar-refractivity contribution in [3.05, 3.63) is 35.4 Å². The number of methoxy groups -OCH3 is 1. The molecule has 0 heterocycles. The van der Waals surface area contributed by atoms with Gasteiger partial charge in [-0.25, -0.2) is 4.79 Å². The first-order valence-corrected chi connectivity index (χ1v) is 3.57. The molecule has 0 aliphatic carbocycles. The molecule has 0 spiro atoms. The maximum atomic E-state index is 10.9. The molecule has 2 N–H and O–H groups in total. The van der Waals surface area contributed by atoms with Gasteiger partial charge in [-0.2, -0.15) is 0 Å². The van der Waals surface area contributed by atoms with Crippen molar-refractivity contribution in [1.82, 2.24) is 0 Å². The summed E-state index contributed by atoms with van der Waals surface area (Å²) < 4.78 is 4.52. The summed E-state index contributed by atoms with van der Waals surface area (Å²) in [5.41, 5.74) is 6.73. The molecule has 63 valence electrons. The van der Waals surface area contributed by atoms with Gasteiger partial charge < -0.3 is 10.5 Å². The lowest BCUT2D eigenvalue weighted by molar-refractivity contribution is 0.0600. The summed E-state index contributed by atoms with van der Waals surface area (Å²) in [7, 11) is 1.35. The molecule has 0 saturated carbocycles. The zero-order valence-electron chi connectivity index (χ0n) is 6.83. The number of ether oxygens (including phenoxy) is 1. The molecule has 0 amide bonds. The van der Waals surface area contributed by atoms with Crippen molar-refractivity contribution < 1.29 is 9.53 Å². The zero-order chi connectivity index (χ0) is 8.97. The van der Waals surface area contributed by atoms with Gasteiger partial charge in [0.25, 0.3) is 0 Å². The Labute approximate surface area is 71.1 Å². The Balaban J connectivity index is 2.84. The van der Waals surface area contributed by atoms with Gasteiger partial charge in [-0.3, -0.25) is 0 Å². The molecule has 3 nitrogen and oxygen atoms in total. The Hall–Kier alpha value is -1.35. The summed E-state index contributed by atoms with van der Waals surface area (Å²) in [4.78, 5) is 10.9. The SMILES string of the molecule is COC(=O)c1c[c]c(CN)cc1. The molecule has 0 fully saturated rings. The Bertz CT molecular complexity index is 266. The van der Waals surface area contributed by atoms with Crippen LogP contribution in [0.1, 0.15) is 15.9 Å². The predicted octanol–water partition coefficient (Wildman–Crippen LogP) is 0.732. The molecule has 1 rings (SSSR count). The number of carbonyl (C=O) groups is 1. The number of rotatable bonds is 2. The first-order chi connectivity index (χ1) is 5.77. The van der Waals surface area contributed by atoms with Crippen LogP contribution < -0.4 is 5.73 Å². The van der Waals surface area contributed by atoms with Crippen LogP contribution in [-0.2, 0) is 11.3 Å². The van der Waals surface area contributed by atoms with E-state index in [0.717, 1.165) is 5.56 Å². The molecule has 12 heavy (non-hydrogen) atoms. The van der Waals surface area contributed by atoms with Gasteiger partial charge in [0.05, 0.1) is 12.7 Å². The van der Waals surface area contributed by atoms with E-state index in [1.807, 2.05) is 0 Å². The Morgan fingerprint density at radius 3 is 2.83 bits per heavy atom. The Kier molecular flexibility index (Phi) is 2.82. The van der Waals surface area contributed by atoms with Crippen LogP contribution >= 0.6 is 0 Å². The maximum Gasteiger partial charge on any atom is 0.337 e. The van der Waals surface area contributed by atoms with Crippen molar-refractivity contribution in [3.63, 3.8) is 0 Å². The number of hydrogen-bond donors (Lipinski definition) is 1. The van der Waals surface area contributed by atoms with Crippen LogP contribution in [0.5, 0.6) is 0 Å². The van der Waals surface area contributed by atoms with E-state index >= 15 is 0 Å². The van der Waals surface area contributed by atoms with E-state index < -0.39 is 0 Å². The highest BCUT2D eigenvalue weighted by Gasteiger charge is 2.03. The van der Waals surface area contributed by atoms with Crippen molar-refractivity contribution in [3.8, 4) is 0 Å². The highest BCUT2D eigenvalue weighted by atomic mass is 16.5. The second-order valence-electron chi connectivity index (χ2n) is 2.30. The van der Waals surface area contributed by atoms with E-state index in [1.165, 1.54) is 7.11 Å². The minimum absolute atomic E-state index is 0.352. The minimum Gasteiger partial charge on any atom is -0.465 e. The summed E-state index contributed by atoms with van der Waals surface area (Å²) in [5, 5.41) is 0. The second kappa shape index (κ2) is 3.88. The van der Waals surface area contributed by atoms with Gasteiger partial charge in [-0.05, 0) is 23.8 Å². The van der Waals surface area contributed by atoms with Gasteiger partial charge >= 0.3 is 5.97 Å². The third kappa shape index (κ3) is 1.83. The Morgan fingerprint density at radius 2 is 2.42 bits per heavy atom. The highest BCUT2D eigenvalue weighted by Crippen LogP contribution is 2.03. The average molecular weight is 164 g/mol. The topological polar surface area (TPSA) is 52.3 Å². The van der Waals surface area contributed by atoms with Crippen LogP contribution in [0.25, 0.3) is 0 Å². The van der Waals surface area contributed by atoms with Gasteiger partial charge in [-0.15, -0.1) is 0 Å². The molecule has 1 radical (unpaired) electrons. The predicted molar refractivity (Wildman–Crippen MR) is 44.5 cm³/mol. The lowest BCUT2D eigenvalue weighted by atomic mass is 10.1. The zero-order valence-corrected chi connectivity index (χ0v) is 6.83. The summed E-state index contributed by atoms with van der Waals surface area (Å²) in [6, 6.07) is 7.88. The molecular formula is C9H10NO2. The summed E-state index contributed by atoms with van der Waals surface area (Å²) in [5.74, 6) is -0.352. The maximum absolute atomic E-state index is 10.9. The monoisotopic (exact) mass is 164 g/mol. The number of nitrogens with two attached hydrogens (primary N) is 1. The summed E-state index contributed by atoms with van der Waals surface area (Å²) in [6.07, 6.45) is 0. The van der Waals surface area contributed by atoms with Crippen LogP contribution in [0.15, 0.2) is 18.2 Å².